The van der Waals surface area contributed by atoms with E-state index < -0.39 is 0 Å². The zero-order chi connectivity index (χ0) is 6.15. The van der Waals surface area contributed by atoms with Crippen molar-refractivity contribution < 1.29 is 0 Å². The second-order valence-electron chi connectivity index (χ2n) is 1.58. The van der Waals surface area contributed by atoms with E-state index in [-0.39, 0.29) is 0 Å². The van der Waals surface area contributed by atoms with Crippen LogP contribution in [-0.4, -0.2) is 9.55 Å². The molecule has 0 aliphatic rings. The van der Waals surface area contributed by atoms with Crippen molar-refractivity contribution in [1.82, 2.24) is 9.55 Å². The van der Waals surface area contributed by atoms with Crippen LogP contribution in [0.2, 0.25) is 5.28 Å². The minimum atomic E-state index is 0.481. The molecule has 43 valence electrons. The lowest BCUT2D eigenvalue weighted by Gasteiger charge is -1.91. The van der Waals surface area contributed by atoms with E-state index in [4.69, 9.17) is 11.6 Å². The van der Waals surface area contributed by atoms with Crippen molar-refractivity contribution in [2.75, 3.05) is 0 Å². The molecule has 0 saturated carbocycles. The Balaban J connectivity index is 3.19. The third kappa shape index (κ3) is 0.713. The maximum Gasteiger partial charge on any atom is 0.202 e. The summed E-state index contributed by atoms with van der Waals surface area (Å²) < 4.78 is 1.71. The zero-order valence-corrected chi connectivity index (χ0v) is 5.31. The summed E-state index contributed by atoms with van der Waals surface area (Å²) in [7, 11) is 1.82. The Bertz CT molecular complexity index is 173. The van der Waals surface area contributed by atoms with Gasteiger partial charge in [-0.1, -0.05) is 0 Å². The smallest absolute Gasteiger partial charge is 0.202 e. The molecule has 0 bridgehead atoms. The summed E-state index contributed by atoms with van der Waals surface area (Å²) in [6.45, 7) is 3.66. The van der Waals surface area contributed by atoms with E-state index >= 15 is 0 Å². The second-order valence-corrected chi connectivity index (χ2v) is 1.92. The van der Waals surface area contributed by atoms with E-state index in [1.54, 1.807) is 10.8 Å². The van der Waals surface area contributed by atoms with Gasteiger partial charge in [-0.05, 0) is 18.5 Å². The van der Waals surface area contributed by atoms with Gasteiger partial charge in [0.25, 0.3) is 0 Å². The van der Waals surface area contributed by atoms with E-state index in [0.717, 1.165) is 5.69 Å². The Labute approximate surface area is 53.1 Å². The molecule has 0 fully saturated rings. The van der Waals surface area contributed by atoms with E-state index in [2.05, 4.69) is 11.9 Å². The Morgan fingerprint density at radius 3 is 2.62 bits per heavy atom. The molecule has 0 amide bonds. The predicted molar refractivity (Wildman–Crippen MR) is 32.7 cm³/mol. The molecule has 0 unspecified atom stereocenters. The van der Waals surface area contributed by atoms with E-state index in [0.29, 0.717) is 5.28 Å². The van der Waals surface area contributed by atoms with Gasteiger partial charge in [-0.3, -0.25) is 0 Å². The fraction of sp³-hybridized carbons (Fsp3) is 0.200. The maximum absolute atomic E-state index is 5.54. The number of imidazole rings is 1. The van der Waals surface area contributed by atoms with Crippen LogP contribution < -0.4 is 0 Å². The molecule has 1 aromatic rings. The molecule has 3 heteroatoms. The molecule has 0 aliphatic carbocycles. The summed E-state index contributed by atoms with van der Waals surface area (Å²) in [6, 6.07) is 0. The molecule has 0 aliphatic heterocycles. The molecule has 0 N–H and O–H groups in total. The highest BCUT2D eigenvalue weighted by Gasteiger charge is 1.95. The number of rotatable bonds is 0. The van der Waals surface area contributed by atoms with Crippen LogP contribution in [0.4, 0.5) is 0 Å². The van der Waals surface area contributed by atoms with Crippen molar-refractivity contribution in [3.8, 4) is 0 Å². The average molecular weight is 130 g/mol. The largest absolute Gasteiger partial charge is 0.322 e. The van der Waals surface area contributed by atoms with Gasteiger partial charge in [-0.25, -0.2) is 4.98 Å². The van der Waals surface area contributed by atoms with Gasteiger partial charge < -0.3 is 4.57 Å². The van der Waals surface area contributed by atoms with Crippen molar-refractivity contribution in [2.45, 2.75) is 0 Å². The number of hydrogen-bond acceptors (Lipinski definition) is 1. The highest BCUT2D eigenvalue weighted by atomic mass is 35.5. The van der Waals surface area contributed by atoms with Gasteiger partial charge in [0.15, 0.2) is 0 Å². The standard InChI is InChI=1S/C5H6ClN2/c1-4-3-7-5(6)8(4)2/h3H,1H2,2H3. The molecule has 1 heterocycles. The van der Waals surface area contributed by atoms with Crippen LogP contribution in [-0.2, 0) is 7.05 Å². The summed E-state index contributed by atoms with van der Waals surface area (Å²) in [5.41, 5.74) is 0.829. The third-order valence-corrected chi connectivity index (χ3v) is 1.38. The summed E-state index contributed by atoms with van der Waals surface area (Å²) in [5, 5.41) is 0.481. The van der Waals surface area contributed by atoms with Crippen molar-refractivity contribution in [3.05, 3.63) is 24.1 Å². The quantitative estimate of drug-likeness (QED) is 0.516. The zero-order valence-electron chi connectivity index (χ0n) is 4.56. The minimum absolute atomic E-state index is 0.481. The van der Waals surface area contributed by atoms with E-state index in [1.807, 2.05) is 7.05 Å². The monoisotopic (exact) mass is 129 g/mol. The van der Waals surface area contributed by atoms with Gasteiger partial charge in [0.05, 0.1) is 0 Å². The first-order valence-electron chi connectivity index (χ1n) is 2.21. The molecule has 0 saturated heterocycles. The first-order valence-corrected chi connectivity index (χ1v) is 2.59. The topological polar surface area (TPSA) is 17.8 Å². The lowest BCUT2D eigenvalue weighted by molar-refractivity contribution is 0.894. The Morgan fingerprint density at radius 2 is 2.50 bits per heavy atom. The van der Waals surface area contributed by atoms with Crippen LogP contribution in [0, 0.1) is 6.92 Å². The summed E-state index contributed by atoms with van der Waals surface area (Å²) in [5.74, 6) is 0. The third-order valence-electron chi connectivity index (χ3n) is 1.03. The summed E-state index contributed by atoms with van der Waals surface area (Å²) in [4.78, 5) is 3.78. The number of halogens is 1. The Kier molecular flexibility index (Phi) is 1.26. The first-order chi connectivity index (χ1) is 3.72. The molecule has 1 radical (unpaired) electrons. The van der Waals surface area contributed by atoms with Crippen LogP contribution in [0.25, 0.3) is 0 Å². The molecule has 0 atom stereocenters. The SMILES string of the molecule is [CH2]c1cnc(Cl)n1C. The van der Waals surface area contributed by atoms with Crippen LogP contribution in [0.3, 0.4) is 0 Å². The van der Waals surface area contributed by atoms with Gasteiger partial charge in [-0.15, -0.1) is 0 Å². The van der Waals surface area contributed by atoms with Gasteiger partial charge >= 0.3 is 0 Å². The lowest BCUT2D eigenvalue weighted by Crippen LogP contribution is -1.88. The summed E-state index contributed by atoms with van der Waals surface area (Å²) >= 11 is 5.54. The molecular weight excluding hydrogens is 124 g/mol. The number of nitrogens with zero attached hydrogens (tertiary/aromatic N) is 2. The molecule has 2 nitrogen and oxygen atoms in total. The molecule has 0 spiro atoms. The highest BCUT2D eigenvalue weighted by Crippen LogP contribution is 2.05. The predicted octanol–water partition coefficient (Wildman–Crippen LogP) is 1.26. The molecule has 1 rings (SSSR count). The first kappa shape index (κ1) is 5.63. The van der Waals surface area contributed by atoms with E-state index in [9.17, 15) is 0 Å². The van der Waals surface area contributed by atoms with Gasteiger partial charge in [0, 0.05) is 18.9 Å². The van der Waals surface area contributed by atoms with Crippen molar-refractivity contribution in [3.63, 3.8) is 0 Å². The van der Waals surface area contributed by atoms with Crippen molar-refractivity contribution in [2.24, 2.45) is 7.05 Å². The van der Waals surface area contributed by atoms with Crippen LogP contribution in [0.1, 0.15) is 5.69 Å². The summed E-state index contributed by atoms with van der Waals surface area (Å²) in [6.07, 6.45) is 1.63. The van der Waals surface area contributed by atoms with Crippen LogP contribution in [0.5, 0.6) is 0 Å². The average Bonchev–Trinajstić information content (AvgIpc) is 1.98. The molecule has 0 aromatic carbocycles. The van der Waals surface area contributed by atoms with Crippen LogP contribution in [0.15, 0.2) is 6.20 Å². The van der Waals surface area contributed by atoms with E-state index in [1.165, 1.54) is 0 Å². The normalized spacial score (nSPS) is 9.88. The lowest BCUT2D eigenvalue weighted by atomic mass is 10.5. The number of aromatic nitrogens is 2. The fourth-order valence-corrected chi connectivity index (χ4v) is 0.577. The van der Waals surface area contributed by atoms with Crippen molar-refractivity contribution in [1.29, 1.82) is 0 Å². The fourth-order valence-electron chi connectivity index (χ4n) is 0.419. The molecular formula is C5H6ClN2. The number of hydrogen-bond donors (Lipinski definition) is 0. The highest BCUT2D eigenvalue weighted by molar-refractivity contribution is 6.28. The maximum atomic E-state index is 5.54. The van der Waals surface area contributed by atoms with Gasteiger partial charge in [0.1, 0.15) is 0 Å². The van der Waals surface area contributed by atoms with Gasteiger partial charge in [-0.2, -0.15) is 0 Å². The second kappa shape index (κ2) is 1.78. The molecule has 8 heavy (non-hydrogen) atoms. The Hall–Kier alpha value is -0.500. The van der Waals surface area contributed by atoms with Gasteiger partial charge in [0.2, 0.25) is 5.28 Å². The van der Waals surface area contributed by atoms with Crippen LogP contribution >= 0.6 is 11.6 Å². The van der Waals surface area contributed by atoms with Crippen molar-refractivity contribution >= 4 is 11.6 Å². The molecule has 1 aromatic heterocycles. The minimum Gasteiger partial charge on any atom is -0.322 e. The Morgan fingerprint density at radius 1 is 1.88 bits per heavy atom.